The molecule has 0 aliphatic rings. The van der Waals surface area contributed by atoms with E-state index in [9.17, 15) is 8.42 Å². The van der Waals surface area contributed by atoms with E-state index in [4.69, 9.17) is 0 Å². The second-order valence-electron chi connectivity index (χ2n) is 5.52. The van der Waals surface area contributed by atoms with Crippen molar-refractivity contribution in [2.24, 2.45) is 23.7 Å². The molecular formula is C12H26O2S. The lowest BCUT2D eigenvalue weighted by molar-refractivity contribution is 0.434. The summed E-state index contributed by atoms with van der Waals surface area (Å²) in [6.07, 6.45) is 0. The largest absolute Gasteiger partial charge is 0.229 e. The van der Waals surface area contributed by atoms with Crippen molar-refractivity contribution in [2.75, 3.05) is 11.5 Å². The van der Waals surface area contributed by atoms with Gasteiger partial charge in [-0.15, -0.1) is 0 Å². The van der Waals surface area contributed by atoms with Gasteiger partial charge in [-0.25, -0.2) is 8.42 Å². The highest BCUT2D eigenvalue weighted by atomic mass is 32.2. The van der Waals surface area contributed by atoms with Crippen LogP contribution in [0, 0.1) is 23.7 Å². The molecule has 0 rings (SSSR count). The first-order valence-electron chi connectivity index (χ1n) is 5.86. The number of rotatable bonds is 6. The SMILES string of the molecule is CC(C)C(C)CS(=O)(=O)CC(C)C(C)C. The maximum Gasteiger partial charge on any atom is 0.150 e. The van der Waals surface area contributed by atoms with Crippen molar-refractivity contribution in [3.05, 3.63) is 0 Å². The summed E-state index contributed by atoms with van der Waals surface area (Å²) in [6, 6.07) is 0. The highest BCUT2D eigenvalue weighted by Crippen LogP contribution is 2.17. The minimum absolute atomic E-state index is 0.259. The molecule has 0 aromatic heterocycles. The molecule has 0 spiro atoms. The van der Waals surface area contributed by atoms with Crippen molar-refractivity contribution in [1.29, 1.82) is 0 Å². The van der Waals surface area contributed by atoms with Crippen LogP contribution in [-0.4, -0.2) is 19.9 Å². The molecule has 0 saturated carbocycles. The van der Waals surface area contributed by atoms with Crippen LogP contribution in [0.2, 0.25) is 0 Å². The molecule has 0 radical (unpaired) electrons. The van der Waals surface area contributed by atoms with Crippen molar-refractivity contribution < 1.29 is 8.42 Å². The van der Waals surface area contributed by atoms with Gasteiger partial charge in [0.15, 0.2) is 9.84 Å². The molecule has 2 nitrogen and oxygen atoms in total. The van der Waals surface area contributed by atoms with E-state index < -0.39 is 9.84 Å². The van der Waals surface area contributed by atoms with Gasteiger partial charge in [0.05, 0.1) is 11.5 Å². The molecule has 15 heavy (non-hydrogen) atoms. The van der Waals surface area contributed by atoms with Crippen molar-refractivity contribution >= 4 is 9.84 Å². The predicted molar refractivity (Wildman–Crippen MR) is 66.7 cm³/mol. The van der Waals surface area contributed by atoms with Crippen LogP contribution >= 0.6 is 0 Å². The summed E-state index contributed by atoms with van der Waals surface area (Å²) in [7, 11) is -2.87. The third-order valence-corrected chi connectivity index (χ3v) is 5.38. The van der Waals surface area contributed by atoms with Crippen LogP contribution in [0.25, 0.3) is 0 Å². The fraction of sp³-hybridized carbons (Fsp3) is 1.00. The first-order valence-corrected chi connectivity index (χ1v) is 7.68. The van der Waals surface area contributed by atoms with Gasteiger partial charge in [0.2, 0.25) is 0 Å². The lowest BCUT2D eigenvalue weighted by Gasteiger charge is -2.19. The van der Waals surface area contributed by atoms with Gasteiger partial charge in [0.25, 0.3) is 0 Å². The van der Waals surface area contributed by atoms with Crippen LogP contribution in [0.1, 0.15) is 41.5 Å². The highest BCUT2D eigenvalue weighted by molar-refractivity contribution is 7.91. The standard InChI is InChI=1S/C12H26O2S/c1-9(2)11(5)7-15(13,14)8-12(6)10(3)4/h9-12H,7-8H2,1-6H3. The van der Waals surface area contributed by atoms with Gasteiger partial charge in [0.1, 0.15) is 0 Å². The van der Waals surface area contributed by atoms with E-state index in [-0.39, 0.29) is 11.8 Å². The first kappa shape index (κ1) is 14.9. The van der Waals surface area contributed by atoms with E-state index in [1.807, 2.05) is 13.8 Å². The Morgan fingerprint density at radius 1 is 0.733 bits per heavy atom. The van der Waals surface area contributed by atoms with Gasteiger partial charge in [-0.2, -0.15) is 0 Å². The molecule has 92 valence electrons. The second kappa shape index (κ2) is 5.88. The maximum atomic E-state index is 11.9. The molecule has 0 aliphatic carbocycles. The van der Waals surface area contributed by atoms with Gasteiger partial charge in [-0.1, -0.05) is 41.5 Å². The third kappa shape index (κ3) is 6.18. The van der Waals surface area contributed by atoms with E-state index in [1.54, 1.807) is 0 Å². The molecular weight excluding hydrogens is 208 g/mol. The molecule has 0 bridgehead atoms. The zero-order valence-corrected chi connectivity index (χ0v) is 11.8. The van der Waals surface area contributed by atoms with Crippen molar-refractivity contribution in [3.8, 4) is 0 Å². The quantitative estimate of drug-likeness (QED) is 0.708. The zero-order valence-electron chi connectivity index (χ0n) is 10.9. The molecule has 0 fully saturated rings. The predicted octanol–water partition coefficient (Wildman–Crippen LogP) is 2.99. The lowest BCUT2D eigenvalue weighted by Crippen LogP contribution is -2.25. The lowest BCUT2D eigenvalue weighted by atomic mass is 10.0. The summed E-state index contributed by atoms with van der Waals surface area (Å²) in [4.78, 5) is 0. The fourth-order valence-corrected chi connectivity index (χ4v) is 3.76. The van der Waals surface area contributed by atoms with E-state index in [2.05, 4.69) is 27.7 Å². The summed E-state index contributed by atoms with van der Waals surface area (Å²) < 4.78 is 23.7. The number of hydrogen-bond donors (Lipinski definition) is 0. The molecule has 0 N–H and O–H groups in total. The Hall–Kier alpha value is -0.0500. The molecule has 0 amide bonds. The Morgan fingerprint density at radius 2 is 1.00 bits per heavy atom. The van der Waals surface area contributed by atoms with E-state index >= 15 is 0 Å². The van der Waals surface area contributed by atoms with Crippen molar-refractivity contribution in [2.45, 2.75) is 41.5 Å². The minimum Gasteiger partial charge on any atom is -0.229 e. The first-order chi connectivity index (χ1) is 6.65. The Bertz CT molecular complexity index is 243. The van der Waals surface area contributed by atoms with Gasteiger partial charge in [-0.05, 0) is 23.7 Å². The Kier molecular flexibility index (Phi) is 5.86. The number of hydrogen-bond acceptors (Lipinski definition) is 2. The van der Waals surface area contributed by atoms with Crippen LogP contribution < -0.4 is 0 Å². The molecule has 0 heterocycles. The van der Waals surface area contributed by atoms with E-state index in [0.29, 0.717) is 23.3 Å². The topological polar surface area (TPSA) is 34.1 Å². The molecule has 0 aromatic carbocycles. The zero-order chi connectivity index (χ0) is 12.2. The van der Waals surface area contributed by atoms with Crippen LogP contribution in [0.5, 0.6) is 0 Å². The van der Waals surface area contributed by atoms with Gasteiger partial charge in [0, 0.05) is 0 Å². The molecule has 2 unspecified atom stereocenters. The molecule has 0 aromatic rings. The summed E-state index contributed by atoms with van der Waals surface area (Å²) in [5, 5.41) is 0. The highest BCUT2D eigenvalue weighted by Gasteiger charge is 2.22. The Morgan fingerprint density at radius 3 is 1.20 bits per heavy atom. The Balaban J connectivity index is 4.32. The summed E-state index contributed by atoms with van der Waals surface area (Å²) >= 11 is 0. The Labute approximate surface area is 95.4 Å². The normalized spacial score (nSPS) is 17.1. The number of sulfone groups is 1. The smallest absolute Gasteiger partial charge is 0.150 e. The fourth-order valence-electron chi connectivity index (χ4n) is 1.25. The van der Waals surface area contributed by atoms with Gasteiger partial charge >= 0.3 is 0 Å². The monoisotopic (exact) mass is 234 g/mol. The van der Waals surface area contributed by atoms with E-state index in [0.717, 1.165) is 0 Å². The minimum atomic E-state index is -2.87. The molecule has 0 saturated heterocycles. The molecule has 0 aliphatic heterocycles. The average Bonchev–Trinajstić information content (AvgIpc) is 2.01. The van der Waals surface area contributed by atoms with Gasteiger partial charge in [-0.3, -0.25) is 0 Å². The van der Waals surface area contributed by atoms with Crippen LogP contribution in [-0.2, 0) is 9.84 Å². The van der Waals surface area contributed by atoms with Crippen LogP contribution in [0.4, 0.5) is 0 Å². The summed E-state index contributed by atoms with van der Waals surface area (Å²) in [5.41, 5.74) is 0. The van der Waals surface area contributed by atoms with E-state index in [1.165, 1.54) is 0 Å². The van der Waals surface area contributed by atoms with Gasteiger partial charge < -0.3 is 0 Å². The van der Waals surface area contributed by atoms with Crippen molar-refractivity contribution in [3.63, 3.8) is 0 Å². The maximum absolute atomic E-state index is 11.9. The third-order valence-electron chi connectivity index (χ3n) is 3.31. The summed E-state index contributed by atoms with van der Waals surface area (Å²) in [5.74, 6) is 2.07. The second-order valence-corrected chi connectivity index (χ2v) is 7.67. The van der Waals surface area contributed by atoms with Crippen molar-refractivity contribution in [1.82, 2.24) is 0 Å². The average molecular weight is 234 g/mol. The molecule has 2 atom stereocenters. The van der Waals surface area contributed by atoms with Crippen LogP contribution in [0.15, 0.2) is 0 Å². The van der Waals surface area contributed by atoms with Crippen LogP contribution in [0.3, 0.4) is 0 Å². The summed E-state index contributed by atoms with van der Waals surface area (Å²) in [6.45, 7) is 12.3. The molecule has 3 heteroatoms.